The summed E-state index contributed by atoms with van der Waals surface area (Å²) in [5, 5.41) is 12.5. The van der Waals surface area contributed by atoms with Crippen molar-refractivity contribution in [2.45, 2.75) is 39.0 Å². The molecule has 2 unspecified atom stereocenters. The number of hydrogen-bond donors (Lipinski definition) is 2. The molecule has 21 heavy (non-hydrogen) atoms. The third-order valence-corrected chi connectivity index (χ3v) is 4.61. The zero-order valence-corrected chi connectivity index (χ0v) is 12.8. The number of urea groups is 1. The Kier molecular flexibility index (Phi) is 5.45. The van der Waals surface area contributed by atoms with Crippen LogP contribution in [0.15, 0.2) is 0 Å². The Morgan fingerprint density at radius 1 is 1.48 bits per heavy atom. The summed E-state index contributed by atoms with van der Waals surface area (Å²) in [5.41, 5.74) is -0.763. The predicted octanol–water partition coefficient (Wildman–Crippen LogP) is 1.70. The lowest BCUT2D eigenvalue weighted by molar-refractivity contribution is -0.152. The van der Waals surface area contributed by atoms with Gasteiger partial charge in [-0.05, 0) is 25.7 Å². The van der Waals surface area contributed by atoms with Gasteiger partial charge in [0.1, 0.15) is 0 Å². The maximum Gasteiger partial charge on any atom is 0.317 e. The maximum absolute atomic E-state index is 12.3. The number of ether oxygens (including phenoxy) is 1. The summed E-state index contributed by atoms with van der Waals surface area (Å²) < 4.78 is 5.29. The molecule has 0 aromatic carbocycles. The summed E-state index contributed by atoms with van der Waals surface area (Å²) in [4.78, 5) is 25.5. The molecule has 0 bridgehead atoms. The minimum atomic E-state index is -0.772. The number of carboxylic acids is 1. The second kappa shape index (κ2) is 7.11. The van der Waals surface area contributed by atoms with E-state index in [4.69, 9.17) is 4.74 Å². The van der Waals surface area contributed by atoms with E-state index in [0.29, 0.717) is 45.0 Å². The second-order valence-electron chi connectivity index (χ2n) is 6.28. The zero-order chi connectivity index (χ0) is 15.3. The SMILES string of the molecule is CCCC1(C(=O)O)CCCN(C(=O)NCC2CCOC2)C1. The van der Waals surface area contributed by atoms with Gasteiger partial charge in [-0.25, -0.2) is 4.79 Å². The Bertz CT molecular complexity index is 378. The van der Waals surface area contributed by atoms with Crippen LogP contribution in [0.3, 0.4) is 0 Å². The molecule has 0 aromatic rings. The van der Waals surface area contributed by atoms with E-state index in [1.165, 1.54) is 0 Å². The first-order valence-corrected chi connectivity index (χ1v) is 7.91. The number of nitrogens with one attached hydrogen (secondary N) is 1. The Morgan fingerprint density at radius 2 is 2.29 bits per heavy atom. The number of aliphatic carboxylic acids is 1. The molecule has 2 heterocycles. The lowest BCUT2D eigenvalue weighted by Crippen LogP contribution is -2.53. The number of carboxylic acid groups (broad SMARTS) is 1. The molecule has 6 nitrogen and oxygen atoms in total. The van der Waals surface area contributed by atoms with Gasteiger partial charge in [-0.1, -0.05) is 13.3 Å². The van der Waals surface area contributed by atoms with Crippen LogP contribution in [0, 0.1) is 11.3 Å². The summed E-state index contributed by atoms with van der Waals surface area (Å²) >= 11 is 0. The summed E-state index contributed by atoms with van der Waals surface area (Å²) in [6.45, 7) is 5.04. The van der Waals surface area contributed by atoms with Crippen LogP contribution in [-0.4, -0.2) is 54.9 Å². The van der Waals surface area contributed by atoms with Gasteiger partial charge >= 0.3 is 12.0 Å². The number of nitrogens with zero attached hydrogens (tertiary/aromatic N) is 1. The molecule has 0 aliphatic carbocycles. The lowest BCUT2D eigenvalue weighted by Gasteiger charge is -2.39. The van der Waals surface area contributed by atoms with Crippen LogP contribution < -0.4 is 5.32 Å². The van der Waals surface area contributed by atoms with E-state index in [1.807, 2.05) is 6.92 Å². The van der Waals surface area contributed by atoms with Crippen molar-refractivity contribution in [1.82, 2.24) is 10.2 Å². The molecule has 2 fully saturated rings. The molecule has 2 aliphatic rings. The van der Waals surface area contributed by atoms with Gasteiger partial charge in [0, 0.05) is 32.2 Å². The van der Waals surface area contributed by atoms with Gasteiger partial charge < -0.3 is 20.1 Å². The predicted molar refractivity (Wildman–Crippen MR) is 78.1 cm³/mol. The highest BCUT2D eigenvalue weighted by molar-refractivity contribution is 5.78. The average molecular weight is 298 g/mol. The van der Waals surface area contributed by atoms with E-state index in [9.17, 15) is 14.7 Å². The number of hydrogen-bond acceptors (Lipinski definition) is 3. The van der Waals surface area contributed by atoms with Gasteiger partial charge in [0.15, 0.2) is 0 Å². The Morgan fingerprint density at radius 3 is 2.90 bits per heavy atom. The van der Waals surface area contributed by atoms with E-state index in [-0.39, 0.29) is 6.03 Å². The summed E-state index contributed by atoms with van der Waals surface area (Å²) in [5.74, 6) is -0.385. The third-order valence-electron chi connectivity index (χ3n) is 4.61. The molecule has 0 aromatic heterocycles. The Labute approximate surface area is 125 Å². The molecule has 2 rings (SSSR count). The van der Waals surface area contributed by atoms with Gasteiger partial charge in [0.05, 0.1) is 12.0 Å². The van der Waals surface area contributed by atoms with E-state index in [1.54, 1.807) is 4.90 Å². The van der Waals surface area contributed by atoms with Crippen LogP contribution in [0.1, 0.15) is 39.0 Å². The molecular formula is C15H26N2O4. The third kappa shape index (κ3) is 3.87. The molecule has 2 atom stereocenters. The van der Waals surface area contributed by atoms with Crippen molar-refractivity contribution in [3.63, 3.8) is 0 Å². The smallest absolute Gasteiger partial charge is 0.317 e. The lowest BCUT2D eigenvalue weighted by atomic mass is 9.76. The van der Waals surface area contributed by atoms with Crippen molar-refractivity contribution in [3.8, 4) is 0 Å². The first-order valence-electron chi connectivity index (χ1n) is 7.91. The van der Waals surface area contributed by atoms with Gasteiger partial charge in [-0.15, -0.1) is 0 Å². The number of rotatable bonds is 5. The standard InChI is InChI=1S/C15H26N2O4/c1-2-5-15(13(18)19)6-3-7-17(11-15)14(20)16-9-12-4-8-21-10-12/h12H,2-11H2,1H3,(H,16,20)(H,18,19). The van der Waals surface area contributed by atoms with E-state index < -0.39 is 11.4 Å². The fraction of sp³-hybridized carbons (Fsp3) is 0.867. The van der Waals surface area contributed by atoms with Crippen LogP contribution in [-0.2, 0) is 9.53 Å². The minimum Gasteiger partial charge on any atom is -0.481 e. The molecule has 0 spiro atoms. The number of carbonyl (C=O) groups is 2. The zero-order valence-electron chi connectivity index (χ0n) is 12.8. The number of likely N-dealkylation sites (tertiary alicyclic amines) is 1. The normalized spacial score (nSPS) is 29.4. The van der Waals surface area contributed by atoms with Crippen molar-refractivity contribution in [2.75, 3.05) is 32.8 Å². The first kappa shape index (κ1) is 16.1. The van der Waals surface area contributed by atoms with E-state index in [0.717, 1.165) is 25.9 Å². The fourth-order valence-electron chi connectivity index (χ4n) is 3.36. The van der Waals surface area contributed by atoms with Gasteiger partial charge in [-0.3, -0.25) is 4.79 Å². The average Bonchev–Trinajstić information content (AvgIpc) is 2.98. The topological polar surface area (TPSA) is 78.9 Å². The molecule has 2 saturated heterocycles. The van der Waals surface area contributed by atoms with Gasteiger partial charge in [-0.2, -0.15) is 0 Å². The molecular weight excluding hydrogens is 272 g/mol. The largest absolute Gasteiger partial charge is 0.481 e. The number of carbonyl (C=O) groups excluding carboxylic acids is 1. The Hall–Kier alpha value is -1.30. The summed E-state index contributed by atoms with van der Waals surface area (Å²) in [6.07, 6.45) is 3.85. The van der Waals surface area contributed by atoms with Crippen molar-refractivity contribution < 1.29 is 19.4 Å². The van der Waals surface area contributed by atoms with Crippen molar-refractivity contribution in [3.05, 3.63) is 0 Å². The fourth-order valence-corrected chi connectivity index (χ4v) is 3.36. The Balaban J connectivity index is 1.89. The molecule has 2 amide bonds. The summed E-state index contributed by atoms with van der Waals surface area (Å²) in [6, 6.07) is -0.136. The number of piperidine rings is 1. The van der Waals surface area contributed by atoms with Crippen LogP contribution in [0.25, 0.3) is 0 Å². The first-order chi connectivity index (χ1) is 10.1. The van der Waals surface area contributed by atoms with Crippen LogP contribution in [0.2, 0.25) is 0 Å². The van der Waals surface area contributed by atoms with Crippen LogP contribution in [0.5, 0.6) is 0 Å². The molecule has 0 radical (unpaired) electrons. The highest BCUT2D eigenvalue weighted by Gasteiger charge is 2.42. The minimum absolute atomic E-state index is 0.136. The maximum atomic E-state index is 12.3. The molecule has 0 saturated carbocycles. The summed E-state index contributed by atoms with van der Waals surface area (Å²) in [7, 11) is 0. The highest BCUT2D eigenvalue weighted by Crippen LogP contribution is 2.35. The van der Waals surface area contributed by atoms with Crippen molar-refractivity contribution >= 4 is 12.0 Å². The quantitative estimate of drug-likeness (QED) is 0.809. The molecule has 2 aliphatic heterocycles. The molecule has 6 heteroatoms. The van der Waals surface area contributed by atoms with E-state index >= 15 is 0 Å². The van der Waals surface area contributed by atoms with Gasteiger partial charge in [0.25, 0.3) is 0 Å². The van der Waals surface area contributed by atoms with Crippen LogP contribution >= 0.6 is 0 Å². The van der Waals surface area contributed by atoms with E-state index in [2.05, 4.69) is 5.32 Å². The highest BCUT2D eigenvalue weighted by atomic mass is 16.5. The molecule has 120 valence electrons. The van der Waals surface area contributed by atoms with Crippen molar-refractivity contribution in [2.24, 2.45) is 11.3 Å². The monoisotopic (exact) mass is 298 g/mol. The number of amides is 2. The van der Waals surface area contributed by atoms with Gasteiger partial charge in [0.2, 0.25) is 0 Å². The molecule has 2 N–H and O–H groups in total. The van der Waals surface area contributed by atoms with Crippen molar-refractivity contribution in [1.29, 1.82) is 0 Å². The van der Waals surface area contributed by atoms with Crippen LogP contribution in [0.4, 0.5) is 4.79 Å². The second-order valence-corrected chi connectivity index (χ2v) is 6.28.